The fourth-order valence-corrected chi connectivity index (χ4v) is 2.52. The van der Waals surface area contributed by atoms with Gasteiger partial charge in [-0.05, 0) is 55.2 Å². The molecule has 2 rings (SSSR count). The van der Waals surface area contributed by atoms with Crippen molar-refractivity contribution in [2.24, 2.45) is 0 Å². The minimum Gasteiger partial charge on any atom is -0.508 e. The first-order valence-electron chi connectivity index (χ1n) is 8.22. The van der Waals surface area contributed by atoms with Crippen LogP contribution in [0.5, 0.6) is 11.5 Å². The second-order valence-electron chi connectivity index (χ2n) is 6.07. The van der Waals surface area contributed by atoms with Crippen LogP contribution in [-0.2, 0) is 11.2 Å². The Hall–Kier alpha value is -2.57. The van der Waals surface area contributed by atoms with Crippen LogP contribution in [0.25, 0.3) is 0 Å². The Morgan fingerprint density at radius 2 is 1.84 bits per heavy atom. The Kier molecular flexibility index (Phi) is 6.80. The first-order valence-corrected chi connectivity index (χ1v) is 8.22. The summed E-state index contributed by atoms with van der Waals surface area (Å²) in [6.45, 7) is 2.41. The molecule has 0 fully saturated rings. The smallest absolute Gasteiger partial charge is 0.211 e. The maximum Gasteiger partial charge on any atom is 0.211 e. The summed E-state index contributed by atoms with van der Waals surface area (Å²) in [5, 5.41) is 34.9. The minimum absolute atomic E-state index is 0.0433. The average molecular weight is 344 g/mol. The van der Waals surface area contributed by atoms with E-state index in [1.165, 1.54) is 6.07 Å². The van der Waals surface area contributed by atoms with E-state index in [9.17, 15) is 20.1 Å². The normalized spacial score (nSPS) is 13.2. The summed E-state index contributed by atoms with van der Waals surface area (Å²) in [5.74, 6) is 0.216. The zero-order valence-corrected chi connectivity index (χ0v) is 14.1. The van der Waals surface area contributed by atoms with Gasteiger partial charge in [-0.15, -0.1) is 0 Å². The maximum absolute atomic E-state index is 10.5. The molecule has 0 spiro atoms. The summed E-state index contributed by atoms with van der Waals surface area (Å²) < 4.78 is 0. The molecule has 0 aliphatic carbocycles. The number of carbonyl (C=O) groups is 1. The van der Waals surface area contributed by atoms with Crippen LogP contribution in [0.2, 0.25) is 0 Å². The van der Waals surface area contributed by atoms with Crippen LogP contribution in [0.3, 0.4) is 0 Å². The summed E-state index contributed by atoms with van der Waals surface area (Å²) in [6, 6.07) is 12.0. The molecule has 0 saturated heterocycles. The fourth-order valence-electron chi connectivity index (χ4n) is 2.52. The van der Waals surface area contributed by atoms with Gasteiger partial charge in [0.05, 0.1) is 11.8 Å². The average Bonchev–Trinajstić information content (AvgIpc) is 2.61. The molecule has 6 heteroatoms. The van der Waals surface area contributed by atoms with Gasteiger partial charge < -0.3 is 26.0 Å². The van der Waals surface area contributed by atoms with Crippen molar-refractivity contribution in [1.29, 1.82) is 0 Å². The quantitative estimate of drug-likeness (QED) is 0.355. The Morgan fingerprint density at radius 1 is 1.12 bits per heavy atom. The highest BCUT2D eigenvalue weighted by Gasteiger charge is 2.12. The highest BCUT2D eigenvalue weighted by Crippen LogP contribution is 2.26. The standard InChI is InChI=1S/C19H24N2O4/c1-13(2-3-14-4-7-16(23)8-5-14)20-11-19(25)15-6-9-18(24)17(10-15)21-12-22/h4-10,12-13,19-20,23-25H,2-3,11H2,1H3,(H,21,22). The number of amides is 1. The van der Waals surface area contributed by atoms with Crippen molar-refractivity contribution in [3.8, 4) is 11.5 Å². The van der Waals surface area contributed by atoms with Crippen LogP contribution in [0.4, 0.5) is 5.69 Å². The summed E-state index contributed by atoms with van der Waals surface area (Å²) in [4.78, 5) is 10.5. The Morgan fingerprint density at radius 3 is 2.52 bits per heavy atom. The Labute approximate surface area is 147 Å². The van der Waals surface area contributed by atoms with E-state index in [1.54, 1.807) is 24.3 Å². The highest BCUT2D eigenvalue weighted by molar-refractivity contribution is 5.75. The first kappa shape index (κ1) is 18.8. The highest BCUT2D eigenvalue weighted by atomic mass is 16.3. The molecule has 0 heterocycles. The molecule has 0 aromatic heterocycles. The van der Waals surface area contributed by atoms with Gasteiger partial charge in [-0.2, -0.15) is 0 Å². The van der Waals surface area contributed by atoms with Crippen molar-refractivity contribution < 1.29 is 20.1 Å². The van der Waals surface area contributed by atoms with E-state index < -0.39 is 6.10 Å². The molecule has 0 aliphatic rings. The van der Waals surface area contributed by atoms with Crippen molar-refractivity contribution in [1.82, 2.24) is 5.32 Å². The van der Waals surface area contributed by atoms with Crippen LogP contribution < -0.4 is 10.6 Å². The van der Waals surface area contributed by atoms with Crippen molar-refractivity contribution in [2.45, 2.75) is 31.9 Å². The second-order valence-corrected chi connectivity index (χ2v) is 6.07. The molecule has 0 radical (unpaired) electrons. The number of aryl methyl sites for hydroxylation is 1. The third kappa shape index (κ3) is 5.77. The molecule has 6 nitrogen and oxygen atoms in total. The lowest BCUT2D eigenvalue weighted by atomic mass is 10.0. The summed E-state index contributed by atoms with van der Waals surface area (Å²) >= 11 is 0. The van der Waals surface area contributed by atoms with Gasteiger partial charge in [-0.1, -0.05) is 18.2 Å². The second kappa shape index (κ2) is 9.05. The van der Waals surface area contributed by atoms with Crippen LogP contribution in [0.15, 0.2) is 42.5 Å². The third-order valence-corrected chi connectivity index (χ3v) is 4.08. The molecular weight excluding hydrogens is 320 g/mol. The molecule has 25 heavy (non-hydrogen) atoms. The molecule has 1 amide bonds. The molecule has 2 aromatic rings. The number of anilines is 1. The van der Waals surface area contributed by atoms with E-state index in [2.05, 4.69) is 10.6 Å². The number of hydrogen-bond acceptors (Lipinski definition) is 5. The Balaban J connectivity index is 1.82. The summed E-state index contributed by atoms with van der Waals surface area (Å²) in [6.07, 6.45) is 1.50. The van der Waals surface area contributed by atoms with Gasteiger partial charge in [0, 0.05) is 12.6 Å². The SMILES string of the molecule is CC(CCc1ccc(O)cc1)NCC(O)c1ccc(O)c(NC=O)c1. The number of aromatic hydroxyl groups is 2. The van der Waals surface area contributed by atoms with E-state index in [0.29, 0.717) is 18.5 Å². The minimum atomic E-state index is -0.746. The van der Waals surface area contributed by atoms with Gasteiger partial charge >= 0.3 is 0 Å². The predicted octanol–water partition coefficient (Wildman–Crippen LogP) is 2.31. The Bertz CT molecular complexity index is 688. The molecule has 2 unspecified atom stereocenters. The van der Waals surface area contributed by atoms with Crippen molar-refractivity contribution in [3.63, 3.8) is 0 Å². The van der Waals surface area contributed by atoms with Gasteiger partial charge in [0.25, 0.3) is 0 Å². The predicted molar refractivity (Wildman–Crippen MR) is 96.6 cm³/mol. The van der Waals surface area contributed by atoms with Crippen molar-refractivity contribution in [2.75, 3.05) is 11.9 Å². The largest absolute Gasteiger partial charge is 0.508 e. The number of phenolic OH excluding ortho intramolecular Hbond substituents is 2. The fraction of sp³-hybridized carbons (Fsp3) is 0.316. The summed E-state index contributed by atoms with van der Waals surface area (Å²) in [5.41, 5.74) is 2.03. The van der Waals surface area contributed by atoms with Crippen LogP contribution in [0, 0.1) is 0 Å². The van der Waals surface area contributed by atoms with E-state index >= 15 is 0 Å². The topological polar surface area (TPSA) is 102 Å². The number of hydrogen-bond donors (Lipinski definition) is 5. The number of carbonyl (C=O) groups excluding carboxylic acids is 1. The van der Waals surface area contributed by atoms with Gasteiger partial charge in [0.15, 0.2) is 0 Å². The van der Waals surface area contributed by atoms with Crippen LogP contribution >= 0.6 is 0 Å². The monoisotopic (exact) mass is 344 g/mol. The van der Waals surface area contributed by atoms with Gasteiger partial charge in [0.1, 0.15) is 11.5 Å². The lowest BCUT2D eigenvalue weighted by molar-refractivity contribution is -0.105. The molecule has 2 aromatic carbocycles. The van der Waals surface area contributed by atoms with Gasteiger partial charge in [-0.3, -0.25) is 4.79 Å². The van der Waals surface area contributed by atoms with Crippen LogP contribution in [0.1, 0.15) is 30.6 Å². The lowest BCUT2D eigenvalue weighted by Crippen LogP contribution is -2.30. The maximum atomic E-state index is 10.5. The molecular formula is C19H24N2O4. The molecule has 2 atom stereocenters. The number of benzene rings is 2. The molecule has 0 saturated carbocycles. The summed E-state index contributed by atoms with van der Waals surface area (Å²) in [7, 11) is 0. The third-order valence-electron chi connectivity index (χ3n) is 4.08. The zero-order chi connectivity index (χ0) is 18.2. The van der Waals surface area contributed by atoms with Crippen molar-refractivity contribution in [3.05, 3.63) is 53.6 Å². The molecule has 5 N–H and O–H groups in total. The molecule has 0 aliphatic heterocycles. The lowest BCUT2D eigenvalue weighted by Gasteiger charge is -2.18. The van der Waals surface area contributed by atoms with Gasteiger partial charge in [0.2, 0.25) is 6.41 Å². The first-order chi connectivity index (χ1) is 12.0. The van der Waals surface area contributed by atoms with E-state index in [4.69, 9.17) is 0 Å². The van der Waals surface area contributed by atoms with Gasteiger partial charge in [-0.25, -0.2) is 0 Å². The number of nitrogens with one attached hydrogen (secondary N) is 2. The van der Waals surface area contributed by atoms with E-state index in [0.717, 1.165) is 18.4 Å². The number of aliphatic hydroxyl groups is 1. The van der Waals surface area contributed by atoms with E-state index in [-0.39, 0.29) is 23.2 Å². The molecule has 134 valence electrons. The number of rotatable bonds is 9. The number of aliphatic hydroxyl groups excluding tert-OH is 1. The van der Waals surface area contributed by atoms with Crippen LogP contribution in [-0.4, -0.2) is 34.3 Å². The van der Waals surface area contributed by atoms with E-state index in [1.807, 2.05) is 19.1 Å². The molecule has 0 bridgehead atoms. The zero-order valence-electron chi connectivity index (χ0n) is 14.1. The number of phenols is 2. The van der Waals surface area contributed by atoms with Crippen molar-refractivity contribution >= 4 is 12.1 Å².